The Labute approximate surface area is 231 Å². The maximum absolute atomic E-state index is 11.5. The summed E-state index contributed by atoms with van der Waals surface area (Å²) < 4.78 is 16.6. The van der Waals surface area contributed by atoms with Gasteiger partial charge in [-0.05, 0) is 104 Å². The van der Waals surface area contributed by atoms with Gasteiger partial charge in [-0.1, -0.05) is 23.8 Å². The molecule has 33 heavy (non-hydrogen) atoms. The van der Waals surface area contributed by atoms with E-state index in [1.165, 1.54) is 6.08 Å². The van der Waals surface area contributed by atoms with E-state index in [1.807, 2.05) is 44.2 Å². The van der Waals surface area contributed by atoms with Crippen LogP contribution in [0.15, 0.2) is 54.1 Å². The number of ether oxygens (including phenoxy) is 3. The number of allylic oxidation sites excluding steroid dienone is 2. The van der Waals surface area contributed by atoms with Gasteiger partial charge in [-0.25, -0.2) is 5.48 Å². The maximum Gasteiger partial charge on any atom is 1.00 e. The number of rotatable bonds is 9. The molecule has 0 aromatic heterocycles. The van der Waals surface area contributed by atoms with Gasteiger partial charge in [-0.2, -0.15) is 0 Å². The van der Waals surface area contributed by atoms with E-state index in [0.717, 1.165) is 16.7 Å². The summed E-state index contributed by atoms with van der Waals surface area (Å²) in [6, 6.07) is 11.1. The molecule has 0 spiro atoms. The van der Waals surface area contributed by atoms with Gasteiger partial charge in [-0.3, -0.25) is 10.0 Å². The van der Waals surface area contributed by atoms with Gasteiger partial charge >= 0.3 is 18.9 Å². The fourth-order valence-corrected chi connectivity index (χ4v) is 3.33. The topological polar surface area (TPSA) is 77.0 Å². The van der Waals surface area contributed by atoms with Crippen LogP contribution in [0.4, 0.5) is 0 Å². The molecule has 2 N–H and O–H groups in total. The van der Waals surface area contributed by atoms with Gasteiger partial charge in [-0.15, -0.1) is 0 Å². The normalized spacial score (nSPS) is 10.9. The van der Waals surface area contributed by atoms with E-state index in [0.29, 0.717) is 35.8 Å². The minimum absolute atomic E-state index is 0. The summed E-state index contributed by atoms with van der Waals surface area (Å²) in [5.74, 6) is 1.32. The zero-order chi connectivity index (χ0) is 23.7. The molecule has 0 heterocycles. The summed E-state index contributed by atoms with van der Waals surface area (Å²) in [6.45, 7) is 4.34. The molecule has 172 valence electrons. The molecule has 0 fully saturated rings. The molecule has 0 aliphatic carbocycles. The predicted octanol–water partition coefficient (Wildman–Crippen LogP) is 3.48. The van der Waals surface area contributed by atoms with Crippen LogP contribution < -0.4 is 38.6 Å². The molecular formula is C23H24Br3LiNO5+. The molecule has 0 aliphatic heterocycles. The van der Waals surface area contributed by atoms with E-state index in [1.54, 1.807) is 24.7 Å². The Balaban J connectivity index is 0.00000544. The van der Waals surface area contributed by atoms with Gasteiger partial charge in [0.15, 0.2) is 0 Å². The van der Waals surface area contributed by atoms with Crippen LogP contribution in [0.2, 0.25) is 0 Å². The molecule has 1 amide bonds. The van der Waals surface area contributed by atoms with Crippen molar-refractivity contribution < 1.29 is 43.1 Å². The van der Waals surface area contributed by atoms with Crippen molar-refractivity contribution in [2.24, 2.45) is 0 Å². The number of alkyl halides is 3. The Morgan fingerprint density at radius 3 is 2.33 bits per heavy atom. The minimum atomic E-state index is -0.826. The van der Waals surface area contributed by atoms with Gasteiger partial charge in [0.1, 0.15) is 23.9 Å². The molecule has 10 heteroatoms. The molecular weight excluding hydrogens is 617 g/mol. The monoisotopic (exact) mass is 638 g/mol. The van der Waals surface area contributed by atoms with E-state index in [9.17, 15) is 4.79 Å². The van der Waals surface area contributed by atoms with E-state index in [-0.39, 0.29) is 18.9 Å². The van der Waals surface area contributed by atoms with Crippen molar-refractivity contribution in [3.63, 3.8) is 0 Å². The zero-order valence-electron chi connectivity index (χ0n) is 18.8. The van der Waals surface area contributed by atoms with Crippen molar-refractivity contribution in [2.45, 2.75) is 29.2 Å². The smallest absolute Gasteiger partial charge is 0.496 e. The van der Waals surface area contributed by atoms with Crippen LogP contribution in [-0.4, -0.2) is 20.6 Å². The van der Waals surface area contributed by atoms with Crippen LogP contribution in [0.1, 0.15) is 30.5 Å². The van der Waals surface area contributed by atoms with Gasteiger partial charge in [0.25, 0.3) is 8.24 Å². The van der Waals surface area contributed by atoms with Crippen molar-refractivity contribution in [3.8, 4) is 17.2 Å². The number of carbonyl (C=O) groups excluding carboxylic acids is 1. The third-order valence-electron chi connectivity index (χ3n) is 4.25. The SMILES string of the molecule is COc1ccc(/C=C/C(=O)NO)c(OCc2ccc(OC(Br)(Br)Br)cc2)c1CC=C(C)C.[Li+]. The summed E-state index contributed by atoms with van der Waals surface area (Å²) in [4.78, 5) is 11.5. The van der Waals surface area contributed by atoms with Gasteiger partial charge in [0.2, 0.25) is 0 Å². The Morgan fingerprint density at radius 2 is 1.79 bits per heavy atom. The summed E-state index contributed by atoms with van der Waals surface area (Å²) >= 11 is 9.90. The average molecular weight is 641 g/mol. The second kappa shape index (κ2) is 14.2. The molecule has 0 unspecified atom stereocenters. The molecule has 2 aromatic carbocycles. The molecule has 0 saturated heterocycles. The number of methoxy groups -OCH3 is 1. The molecule has 2 aromatic rings. The van der Waals surface area contributed by atoms with Crippen molar-refractivity contribution in [3.05, 3.63) is 70.8 Å². The van der Waals surface area contributed by atoms with Crippen LogP contribution in [0, 0.1) is 0 Å². The van der Waals surface area contributed by atoms with Crippen molar-refractivity contribution >= 4 is 59.8 Å². The third kappa shape index (κ3) is 10.3. The number of amides is 1. The number of halogens is 3. The van der Waals surface area contributed by atoms with Gasteiger partial charge < -0.3 is 14.2 Å². The Kier molecular flexibility index (Phi) is 12.9. The summed E-state index contributed by atoms with van der Waals surface area (Å²) in [6.07, 6.45) is 5.51. The molecule has 6 nitrogen and oxygen atoms in total. The third-order valence-corrected chi connectivity index (χ3v) is 4.73. The van der Waals surface area contributed by atoms with Crippen LogP contribution in [0.3, 0.4) is 0 Å². The standard InChI is InChI=1S/C23H24Br3NO5.Li/c1-15(2)4-11-19-20(30-3)12-7-17(8-13-21(28)27-29)22(19)31-14-16-5-9-18(10-6-16)32-23(24,25)26;/h4-10,12-13,29H,11,14H2,1-3H3,(H,27,28);/q;+1/b13-8+;. The van der Waals surface area contributed by atoms with Gasteiger partial charge in [0, 0.05) is 17.2 Å². The second-order valence-electron chi connectivity index (χ2n) is 6.94. The Bertz CT molecular complexity index is 985. The second-order valence-corrected chi connectivity index (χ2v) is 13.5. The fraction of sp³-hybridized carbons (Fsp3) is 0.261. The molecule has 0 radical (unpaired) electrons. The first kappa shape index (κ1) is 29.8. The van der Waals surface area contributed by atoms with E-state index in [2.05, 4.69) is 53.9 Å². The summed E-state index contributed by atoms with van der Waals surface area (Å²) in [7, 11) is 1.61. The Morgan fingerprint density at radius 1 is 1.12 bits per heavy atom. The number of nitrogens with one attached hydrogen (secondary N) is 1. The number of hydrogen-bond donors (Lipinski definition) is 2. The number of hydroxylamine groups is 1. The molecule has 0 saturated carbocycles. The summed E-state index contributed by atoms with van der Waals surface area (Å²) in [5, 5.41) is 8.78. The quantitative estimate of drug-likeness (QED) is 0.110. The molecule has 0 bridgehead atoms. The molecule has 0 aliphatic rings. The van der Waals surface area contributed by atoms with Crippen LogP contribution in [0.25, 0.3) is 6.08 Å². The first-order chi connectivity index (χ1) is 15.1. The van der Waals surface area contributed by atoms with Gasteiger partial charge in [0.05, 0.1) is 7.11 Å². The van der Waals surface area contributed by atoms with Crippen molar-refractivity contribution in [1.82, 2.24) is 5.48 Å². The minimum Gasteiger partial charge on any atom is -0.496 e. The van der Waals surface area contributed by atoms with E-state index < -0.39 is 8.24 Å². The van der Waals surface area contributed by atoms with Crippen LogP contribution in [-0.2, 0) is 17.8 Å². The van der Waals surface area contributed by atoms with Crippen LogP contribution in [0.5, 0.6) is 17.2 Å². The maximum atomic E-state index is 11.5. The van der Waals surface area contributed by atoms with E-state index >= 15 is 0 Å². The molecule has 0 atom stereocenters. The van der Waals surface area contributed by atoms with Crippen LogP contribution >= 0.6 is 47.8 Å². The number of carbonyl (C=O) groups is 1. The summed E-state index contributed by atoms with van der Waals surface area (Å²) in [5.41, 5.74) is 5.24. The first-order valence-electron chi connectivity index (χ1n) is 9.55. The predicted molar refractivity (Wildman–Crippen MR) is 136 cm³/mol. The average Bonchev–Trinajstić information content (AvgIpc) is 2.74. The van der Waals surface area contributed by atoms with E-state index in [4.69, 9.17) is 19.4 Å². The number of benzene rings is 2. The molecule has 2 rings (SSSR count). The fourth-order valence-electron chi connectivity index (χ4n) is 2.77. The Hall–Kier alpha value is -1.21. The number of hydrogen-bond acceptors (Lipinski definition) is 5. The first-order valence-corrected chi connectivity index (χ1v) is 11.9. The van der Waals surface area contributed by atoms with Crippen molar-refractivity contribution in [2.75, 3.05) is 7.11 Å². The van der Waals surface area contributed by atoms with Crippen molar-refractivity contribution in [1.29, 1.82) is 0 Å². The largest absolute Gasteiger partial charge is 1.00 e. The zero-order valence-corrected chi connectivity index (χ0v) is 23.6.